The van der Waals surface area contributed by atoms with Crippen LogP contribution in [0.25, 0.3) is 0 Å². The third-order valence-electron chi connectivity index (χ3n) is 2.77. The van der Waals surface area contributed by atoms with Crippen molar-refractivity contribution in [2.24, 2.45) is 5.41 Å². The Balaban J connectivity index is 2.25. The lowest BCUT2D eigenvalue weighted by Gasteiger charge is -2.29. The Morgan fingerprint density at radius 2 is 1.88 bits per heavy atom. The molecule has 1 rings (SSSR count). The molecule has 3 nitrogen and oxygen atoms in total. The molecule has 0 unspecified atom stereocenters. The van der Waals surface area contributed by atoms with E-state index in [-0.39, 0.29) is 17.0 Å². The van der Waals surface area contributed by atoms with Crippen LogP contribution in [0.2, 0.25) is 0 Å². The van der Waals surface area contributed by atoms with Gasteiger partial charge in [0.05, 0.1) is 6.54 Å². The van der Waals surface area contributed by atoms with Gasteiger partial charge >= 0.3 is 0 Å². The van der Waals surface area contributed by atoms with Crippen LogP contribution in [0.3, 0.4) is 0 Å². The summed E-state index contributed by atoms with van der Waals surface area (Å²) in [4.78, 5) is 25.1. The number of hydrogen-bond donors (Lipinski definition) is 0. The zero-order chi connectivity index (χ0) is 12.2. The van der Waals surface area contributed by atoms with Crippen molar-refractivity contribution in [2.75, 3.05) is 19.6 Å². The maximum atomic E-state index is 11.6. The van der Waals surface area contributed by atoms with Gasteiger partial charge in [0.15, 0.2) is 5.78 Å². The number of carbonyl (C=O) groups excluding carboxylic acids is 2. The second kappa shape index (κ2) is 5.39. The molecule has 0 aromatic heterocycles. The van der Waals surface area contributed by atoms with Crippen LogP contribution < -0.4 is 0 Å². The zero-order valence-electron chi connectivity index (χ0n) is 10.5. The molecule has 1 fully saturated rings. The van der Waals surface area contributed by atoms with Crippen LogP contribution in [-0.4, -0.2) is 36.1 Å². The standard InChI is InChI=1S/C13H21NO2/c1-13(2,3)12(16)7-4-6-11(15)10-14-8-5-9-14/h4,6H,5,7-10H2,1-3H3/b6-4+. The van der Waals surface area contributed by atoms with E-state index in [0.717, 1.165) is 13.1 Å². The quantitative estimate of drug-likeness (QED) is 0.667. The van der Waals surface area contributed by atoms with Crippen LogP contribution in [0.1, 0.15) is 33.6 Å². The highest BCUT2D eigenvalue weighted by Gasteiger charge is 2.19. The van der Waals surface area contributed by atoms with Gasteiger partial charge in [0.1, 0.15) is 5.78 Å². The summed E-state index contributed by atoms with van der Waals surface area (Å²) in [6.45, 7) is 8.24. The lowest BCUT2D eigenvalue weighted by Crippen LogP contribution is -2.40. The molecule has 1 aliphatic heterocycles. The molecular weight excluding hydrogens is 202 g/mol. The predicted octanol–water partition coefficient (Wildman–Crippen LogP) is 1.82. The molecule has 0 aliphatic carbocycles. The summed E-state index contributed by atoms with van der Waals surface area (Å²) in [5.41, 5.74) is -0.315. The van der Waals surface area contributed by atoms with Crippen molar-refractivity contribution in [1.29, 1.82) is 0 Å². The Bertz CT molecular complexity index is 296. The summed E-state index contributed by atoms with van der Waals surface area (Å²) in [6, 6.07) is 0. The van der Waals surface area contributed by atoms with E-state index in [1.165, 1.54) is 6.42 Å². The summed E-state index contributed by atoms with van der Waals surface area (Å²) in [5.74, 6) is 0.266. The lowest BCUT2D eigenvalue weighted by atomic mass is 9.89. The number of hydrogen-bond acceptors (Lipinski definition) is 3. The van der Waals surface area contributed by atoms with Gasteiger partial charge in [-0.15, -0.1) is 0 Å². The Kier molecular flexibility index (Phi) is 4.42. The molecule has 1 saturated heterocycles. The fourth-order valence-electron chi connectivity index (χ4n) is 1.42. The van der Waals surface area contributed by atoms with Crippen molar-refractivity contribution in [1.82, 2.24) is 4.90 Å². The van der Waals surface area contributed by atoms with Crippen LogP contribution in [0.4, 0.5) is 0 Å². The Morgan fingerprint density at radius 3 is 2.31 bits per heavy atom. The fourth-order valence-corrected chi connectivity index (χ4v) is 1.42. The second-order valence-corrected chi connectivity index (χ2v) is 5.38. The predicted molar refractivity (Wildman–Crippen MR) is 64.3 cm³/mol. The zero-order valence-corrected chi connectivity index (χ0v) is 10.5. The maximum absolute atomic E-state index is 11.6. The normalized spacial score (nSPS) is 17.4. The molecule has 0 radical (unpaired) electrons. The van der Waals surface area contributed by atoms with Crippen molar-refractivity contribution >= 4 is 11.6 Å². The minimum atomic E-state index is -0.315. The number of nitrogens with zero attached hydrogens (tertiary/aromatic N) is 1. The Hall–Kier alpha value is -0.960. The van der Waals surface area contributed by atoms with E-state index in [4.69, 9.17) is 0 Å². The molecule has 0 aromatic rings. The van der Waals surface area contributed by atoms with Gasteiger partial charge in [0.25, 0.3) is 0 Å². The number of carbonyl (C=O) groups is 2. The molecule has 1 aliphatic rings. The largest absolute Gasteiger partial charge is 0.299 e. The summed E-state index contributed by atoms with van der Waals surface area (Å²) in [7, 11) is 0. The van der Waals surface area contributed by atoms with Crippen LogP contribution in [0.5, 0.6) is 0 Å². The summed E-state index contributed by atoms with van der Waals surface area (Å²) < 4.78 is 0. The first-order valence-electron chi connectivity index (χ1n) is 5.84. The molecule has 90 valence electrons. The molecule has 0 saturated carbocycles. The molecule has 0 spiro atoms. The molecule has 16 heavy (non-hydrogen) atoms. The average Bonchev–Trinajstić information content (AvgIpc) is 2.09. The maximum Gasteiger partial charge on any atom is 0.169 e. The summed E-state index contributed by atoms with van der Waals surface area (Å²) in [5, 5.41) is 0. The first-order chi connectivity index (χ1) is 7.39. The fraction of sp³-hybridized carbons (Fsp3) is 0.692. The molecule has 0 aromatic carbocycles. The average molecular weight is 223 g/mol. The van der Waals surface area contributed by atoms with Crippen LogP contribution in [0, 0.1) is 5.41 Å². The molecule has 1 heterocycles. The monoisotopic (exact) mass is 223 g/mol. The van der Waals surface area contributed by atoms with Gasteiger partial charge in [-0.3, -0.25) is 14.5 Å². The van der Waals surface area contributed by atoms with Crippen molar-refractivity contribution in [3.63, 3.8) is 0 Å². The van der Waals surface area contributed by atoms with E-state index in [1.54, 1.807) is 12.2 Å². The second-order valence-electron chi connectivity index (χ2n) is 5.38. The molecular formula is C13H21NO2. The van der Waals surface area contributed by atoms with Gasteiger partial charge in [0.2, 0.25) is 0 Å². The number of likely N-dealkylation sites (tertiary alicyclic amines) is 1. The van der Waals surface area contributed by atoms with Crippen molar-refractivity contribution in [3.05, 3.63) is 12.2 Å². The van der Waals surface area contributed by atoms with E-state index in [2.05, 4.69) is 4.90 Å². The molecule has 3 heteroatoms. The summed E-state index contributed by atoms with van der Waals surface area (Å²) >= 11 is 0. The van der Waals surface area contributed by atoms with Crippen molar-refractivity contribution < 1.29 is 9.59 Å². The highest BCUT2D eigenvalue weighted by atomic mass is 16.1. The van der Waals surface area contributed by atoms with Gasteiger partial charge in [-0.25, -0.2) is 0 Å². The van der Waals surface area contributed by atoms with Gasteiger partial charge in [-0.1, -0.05) is 26.8 Å². The van der Waals surface area contributed by atoms with Crippen LogP contribution in [-0.2, 0) is 9.59 Å². The van der Waals surface area contributed by atoms with Crippen molar-refractivity contribution in [3.8, 4) is 0 Å². The molecule has 0 N–H and O–H groups in total. The molecule has 0 bridgehead atoms. The van der Waals surface area contributed by atoms with Gasteiger partial charge in [-0.05, 0) is 25.6 Å². The van der Waals surface area contributed by atoms with Crippen LogP contribution in [0.15, 0.2) is 12.2 Å². The van der Waals surface area contributed by atoms with Crippen LogP contribution >= 0.6 is 0 Å². The molecule has 0 amide bonds. The van der Waals surface area contributed by atoms with E-state index >= 15 is 0 Å². The first-order valence-corrected chi connectivity index (χ1v) is 5.84. The number of Topliss-reactive ketones (excluding diaryl/α,β-unsaturated/α-hetero) is 1. The summed E-state index contributed by atoms with van der Waals surface area (Å²) in [6.07, 6.45) is 4.78. The van der Waals surface area contributed by atoms with E-state index in [1.807, 2.05) is 20.8 Å². The smallest absolute Gasteiger partial charge is 0.169 e. The minimum absolute atomic E-state index is 0.0985. The van der Waals surface area contributed by atoms with Gasteiger partial charge in [0, 0.05) is 11.8 Å². The lowest BCUT2D eigenvalue weighted by molar-refractivity contribution is -0.125. The van der Waals surface area contributed by atoms with Gasteiger partial charge < -0.3 is 0 Å². The Labute approximate surface area is 97.5 Å². The first kappa shape index (κ1) is 13.1. The van der Waals surface area contributed by atoms with E-state index in [9.17, 15) is 9.59 Å². The topological polar surface area (TPSA) is 37.4 Å². The highest BCUT2D eigenvalue weighted by Crippen LogP contribution is 2.16. The Morgan fingerprint density at radius 1 is 1.25 bits per heavy atom. The van der Waals surface area contributed by atoms with Gasteiger partial charge in [-0.2, -0.15) is 0 Å². The van der Waals surface area contributed by atoms with Crippen molar-refractivity contribution in [2.45, 2.75) is 33.6 Å². The van der Waals surface area contributed by atoms with E-state index < -0.39 is 0 Å². The third kappa shape index (κ3) is 4.27. The molecule has 0 atom stereocenters. The third-order valence-corrected chi connectivity index (χ3v) is 2.77. The highest BCUT2D eigenvalue weighted by molar-refractivity contribution is 5.92. The number of allylic oxidation sites excluding steroid dienone is 1. The number of ketones is 2. The van der Waals surface area contributed by atoms with E-state index in [0.29, 0.717) is 13.0 Å². The minimum Gasteiger partial charge on any atom is -0.299 e. The number of rotatable bonds is 5. The SMILES string of the molecule is CC(C)(C)C(=O)C/C=C/C(=O)CN1CCC1.